The number of amidine groups is 1. The van der Waals surface area contributed by atoms with Crippen LogP contribution in [-0.2, 0) is 0 Å². The van der Waals surface area contributed by atoms with E-state index in [0.717, 1.165) is 51.4 Å². The molecule has 0 radical (unpaired) electrons. The van der Waals surface area contributed by atoms with Crippen LogP contribution in [0.5, 0.6) is 0 Å². The maximum Gasteiger partial charge on any atom is 0.0958 e. The zero-order valence-corrected chi connectivity index (χ0v) is 8.84. The molecule has 1 aliphatic rings. The Kier molecular flexibility index (Phi) is 4.22. The van der Waals surface area contributed by atoms with Gasteiger partial charge in [0.05, 0.1) is 5.84 Å². The molecule has 1 N–H and O–H groups in total. The second-order valence-corrected chi connectivity index (χ2v) is 3.62. The fraction of sp³-hybridized carbons (Fsp3) is 0.900. The van der Waals surface area contributed by atoms with Gasteiger partial charge in [0.15, 0.2) is 0 Å². The Morgan fingerprint density at radius 3 is 2.23 bits per heavy atom. The maximum atomic E-state index is 7.81. The molecule has 1 fully saturated rings. The summed E-state index contributed by atoms with van der Waals surface area (Å²) in [7, 11) is 0. The van der Waals surface area contributed by atoms with Gasteiger partial charge in [0.1, 0.15) is 0 Å². The van der Waals surface area contributed by atoms with E-state index in [0.29, 0.717) is 0 Å². The van der Waals surface area contributed by atoms with Gasteiger partial charge in [-0.2, -0.15) is 0 Å². The molecular formula is C10H21N3. The number of piperazine rings is 1. The van der Waals surface area contributed by atoms with Crippen molar-refractivity contribution in [2.45, 2.75) is 26.7 Å². The smallest absolute Gasteiger partial charge is 0.0958 e. The molecule has 3 nitrogen and oxygen atoms in total. The minimum atomic E-state index is 0.832. The number of hydrogen-bond donors (Lipinski definition) is 1. The molecule has 1 rings (SSSR count). The highest BCUT2D eigenvalue weighted by atomic mass is 15.3. The van der Waals surface area contributed by atoms with Gasteiger partial charge in [-0.1, -0.05) is 13.8 Å². The first-order valence-corrected chi connectivity index (χ1v) is 5.32. The van der Waals surface area contributed by atoms with Gasteiger partial charge in [0.25, 0.3) is 0 Å². The molecule has 1 saturated heterocycles. The molecule has 0 saturated carbocycles. The summed E-state index contributed by atoms with van der Waals surface area (Å²) < 4.78 is 0. The van der Waals surface area contributed by atoms with E-state index in [2.05, 4.69) is 23.6 Å². The highest BCUT2D eigenvalue weighted by molar-refractivity contribution is 5.79. The molecule has 0 spiro atoms. The van der Waals surface area contributed by atoms with Crippen LogP contribution in [0.4, 0.5) is 0 Å². The lowest BCUT2D eigenvalue weighted by Crippen LogP contribution is -2.48. The summed E-state index contributed by atoms with van der Waals surface area (Å²) in [6, 6.07) is 0. The van der Waals surface area contributed by atoms with Crippen LogP contribution >= 0.6 is 0 Å². The Morgan fingerprint density at radius 2 is 1.77 bits per heavy atom. The van der Waals surface area contributed by atoms with E-state index in [1.165, 1.54) is 0 Å². The lowest BCUT2D eigenvalue weighted by molar-refractivity contribution is 0.187. The number of nitrogens with one attached hydrogen (secondary N) is 1. The molecule has 13 heavy (non-hydrogen) atoms. The van der Waals surface area contributed by atoms with Crippen molar-refractivity contribution in [3.05, 3.63) is 0 Å². The van der Waals surface area contributed by atoms with Crippen molar-refractivity contribution in [1.29, 1.82) is 5.41 Å². The second-order valence-electron chi connectivity index (χ2n) is 3.62. The van der Waals surface area contributed by atoms with Crippen LogP contribution in [-0.4, -0.2) is 48.4 Å². The molecule has 0 aromatic rings. The van der Waals surface area contributed by atoms with Gasteiger partial charge in [0, 0.05) is 32.6 Å². The molecule has 3 heteroatoms. The quantitative estimate of drug-likeness (QED) is 0.529. The Labute approximate surface area is 81.2 Å². The van der Waals surface area contributed by atoms with Gasteiger partial charge >= 0.3 is 0 Å². The van der Waals surface area contributed by atoms with Gasteiger partial charge in [-0.15, -0.1) is 0 Å². The minimum Gasteiger partial charge on any atom is -0.358 e. The lowest BCUT2D eigenvalue weighted by Gasteiger charge is -2.35. The van der Waals surface area contributed by atoms with Crippen LogP contribution in [0.1, 0.15) is 26.7 Å². The zero-order valence-electron chi connectivity index (χ0n) is 8.84. The van der Waals surface area contributed by atoms with Crippen LogP contribution in [0.15, 0.2) is 0 Å². The maximum absolute atomic E-state index is 7.81. The standard InChI is InChI=1S/C10H21N3/c1-3-5-10(11)13-8-6-12(4-2)7-9-13/h11H,3-9H2,1-2H3. The van der Waals surface area contributed by atoms with E-state index in [1.807, 2.05) is 0 Å². The molecule has 0 aliphatic carbocycles. The third-order valence-electron chi connectivity index (χ3n) is 2.69. The van der Waals surface area contributed by atoms with E-state index in [4.69, 9.17) is 5.41 Å². The van der Waals surface area contributed by atoms with E-state index >= 15 is 0 Å². The lowest BCUT2D eigenvalue weighted by atomic mass is 10.2. The zero-order chi connectivity index (χ0) is 9.68. The second kappa shape index (κ2) is 5.22. The number of likely N-dealkylation sites (N-methyl/N-ethyl adjacent to an activating group) is 1. The highest BCUT2D eigenvalue weighted by Gasteiger charge is 2.16. The Bertz CT molecular complexity index is 160. The predicted molar refractivity (Wildman–Crippen MR) is 56.3 cm³/mol. The molecular weight excluding hydrogens is 162 g/mol. The Balaban J connectivity index is 2.28. The third kappa shape index (κ3) is 2.99. The summed E-state index contributed by atoms with van der Waals surface area (Å²) in [6.45, 7) is 9.84. The average Bonchev–Trinajstić information content (AvgIpc) is 2.18. The highest BCUT2D eigenvalue weighted by Crippen LogP contribution is 2.04. The predicted octanol–water partition coefficient (Wildman–Crippen LogP) is 1.40. The minimum absolute atomic E-state index is 0.832. The van der Waals surface area contributed by atoms with Crippen molar-refractivity contribution in [2.75, 3.05) is 32.7 Å². The first-order chi connectivity index (χ1) is 6.27. The Morgan fingerprint density at radius 1 is 1.15 bits per heavy atom. The molecule has 0 aromatic heterocycles. The van der Waals surface area contributed by atoms with Crippen LogP contribution in [0.2, 0.25) is 0 Å². The SMILES string of the molecule is CCCC(=N)N1CCN(CC)CC1. The Hall–Kier alpha value is -0.570. The van der Waals surface area contributed by atoms with Crippen molar-refractivity contribution in [1.82, 2.24) is 9.80 Å². The van der Waals surface area contributed by atoms with E-state index in [1.54, 1.807) is 0 Å². The molecule has 0 unspecified atom stereocenters. The van der Waals surface area contributed by atoms with Crippen LogP contribution in [0, 0.1) is 5.41 Å². The molecule has 76 valence electrons. The molecule has 0 aromatic carbocycles. The van der Waals surface area contributed by atoms with Gasteiger partial charge in [-0.25, -0.2) is 0 Å². The van der Waals surface area contributed by atoms with Gasteiger partial charge in [-0.3, -0.25) is 5.41 Å². The monoisotopic (exact) mass is 183 g/mol. The van der Waals surface area contributed by atoms with E-state index in [-0.39, 0.29) is 0 Å². The van der Waals surface area contributed by atoms with Gasteiger partial charge in [0.2, 0.25) is 0 Å². The fourth-order valence-electron chi connectivity index (χ4n) is 1.73. The summed E-state index contributed by atoms with van der Waals surface area (Å²) in [4.78, 5) is 4.66. The van der Waals surface area contributed by atoms with Crippen molar-refractivity contribution < 1.29 is 0 Å². The first-order valence-electron chi connectivity index (χ1n) is 5.32. The molecule has 0 amide bonds. The van der Waals surface area contributed by atoms with Gasteiger partial charge < -0.3 is 9.80 Å². The molecule has 1 heterocycles. The van der Waals surface area contributed by atoms with Crippen molar-refractivity contribution in [3.63, 3.8) is 0 Å². The van der Waals surface area contributed by atoms with E-state index in [9.17, 15) is 0 Å². The number of rotatable bonds is 3. The van der Waals surface area contributed by atoms with Crippen molar-refractivity contribution in [3.8, 4) is 0 Å². The van der Waals surface area contributed by atoms with Crippen LogP contribution < -0.4 is 0 Å². The topological polar surface area (TPSA) is 30.3 Å². The molecule has 0 atom stereocenters. The summed E-state index contributed by atoms with van der Waals surface area (Å²) >= 11 is 0. The summed E-state index contributed by atoms with van der Waals surface area (Å²) in [6.07, 6.45) is 2.03. The number of hydrogen-bond acceptors (Lipinski definition) is 2. The molecule has 1 aliphatic heterocycles. The van der Waals surface area contributed by atoms with Gasteiger partial charge in [-0.05, 0) is 13.0 Å². The first kappa shape index (κ1) is 10.5. The summed E-state index contributed by atoms with van der Waals surface area (Å²) in [5, 5.41) is 7.81. The van der Waals surface area contributed by atoms with E-state index < -0.39 is 0 Å². The van der Waals surface area contributed by atoms with Crippen LogP contribution in [0.25, 0.3) is 0 Å². The normalized spacial score (nSPS) is 19.1. The summed E-state index contributed by atoms with van der Waals surface area (Å²) in [5.41, 5.74) is 0. The third-order valence-corrected chi connectivity index (χ3v) is 2.69. The summed E-state index contributed by atoms with van der Waals surface area (Å²) in [5.74, 6) is 0.832. The largest absolute Gasteiger partial charge is 0.358 e. The number of nitrogens with zero attached hydrogens (tertiary/aromatic N) is 2. The van der Waals surface area contributed by atoms with Crippen molar-refractivity contribution in [2.24, 2.45) is 0 Å². The van der Waals surface area contributed by atoms with Crippen LogP contribution in [0.3, 0.4) is 0 Å². The van der Waals surface area contributed by atoms with Crippen molar-refractivity contribution >= 4 is 5.84 Å². The fourth-order valence-corrected chi connectivity index (χ4v) is 1.73. The molecule has 0 bridgehead atoms. The average molecular weight is 183 g/mol.